The fourth-order valence-electron chi connectivity index (χ4n) is 3.91. The van der Waals surface area contributed by atoms with Crippen molar-refractivity contribution in [3.05, 3.63) is 64.8 Å². The topological polar surface area (TPSA) is 112 Å². The molecule has 2 aliphatic heterocycles. The predicted octanol–water partition coefficient (Wildman–Crippen LogP) is 3.23. The second-order valence-corrected chi connectivity index (χ2v) is 8.55. The quantitative estimate of drug-likeness (QED) is 0.289. The predicted molar refractivity (Wildman–Crippen MR) is 134 cm³/mol. The van der Waals surface area contributed by atoms with Crippen LogP contribution in [-0.4, -0.2) is 54.0 Å². The molecule has 182 valence electrons. The Hall–Kier alpha value is -3.38. The molecule has 2 saturated heterocycles. The van der Waals surface area contributed by atoms with Gasteiger partial charge in [-0.1, -0.05) is 11.6 Å². The van der Waals surface area contributed by atoms with E-state index >= 15 is 0 Å². The highest BCUT2D eigenvalue weighted by Gasteiger charge is 2.18. The molecular formula is C23H25ClFN9O. The van der Waals surface area contributed by atoms with Gasteiger partial charge in [0.05, 0.1) is 43.2 Å². The second kappa shape index (κ2) is 10.9. The maximum absolute atomic E-state index is 14.2. The summed E-state index contributed by atoms with van der Waals surface area (Å²) in [5.41, 5.74) is 12.6. The Bertz CT molecular complexity index is 1180. The van der Waals surface area contributed by atoms with Crippen molar-refractivity contribution < 1.29 is 9.13 Å². The van der Waals surface area contributed by atoms with Crippen LogP contribution >= 0.6 is 11.6 Å². The second-order valence-electron chi connectivity index (χ2n) is 8.12. The van der Waals surface area contributed by atoms with Crippen molar-refractivity contribution in [1.82, 2.24) is 25.8 Å². The van der Waals surface area contributed by atoms with Crippen LogP contribution in [0.4, 0.5) is 27.5 Å². The summed E-state index contributed by atoms with van der Waals surface area (Å²) in [7, 11) is 0. The Kier molecular flexibility index (Phi) is 7.28. The number of nitrogens with one attached hydrogen (secondary N) is 4. The minimum absolute atomic E-state index is 0.200. The van der Waals surface area contributed by atoms with Crippen LogP contribution in [-0.2, 0) is 4.74 Å². The van der Waals surface area contributed by atoms with E-state index in [0.29, 0.717) is 37.0 Å². The van der Waals surface area contributed by atoms with Gasteiger partial charge in [0.2, 0.25) is 5.95 Å². The fraction of sp³-hybridized carbons (Fsp3) is 0.304. The molecule has 5 rings (SSSR count). The van der Waals surface area contributed by atoms with E-state index < -0.39 is 5.82 Å². The number of morpholine rings is 1. The lowest BCUT2D eigenvalue weighted by Gasteiger charge is -2.27. The Labute approximate surface area is 206 Å². The molecule has 0 spiro atoms. The fourth-order valence-corrected chi connectivity index (χ4v) is 4.15. The van der Waals surface area contributed by atoms with E-state index in [2.05, 4.69) is 47.7 Å². The molecular weight excluding hydrogens is 473 g/mol. The number of anilines is 4. The number of pyridine rings is 1. The van der Waals surface area contributed by atoms with Crippen LogP contribution in [0, 0.1) is 5.82 Å². The first-order chi connectivity index (χ1) is 17.1. The summed E-state index contributed by atoms with van der Waals surface area (Å²) in [6, 6.07) is 9.87. The summed E-state index contributed by atoms with van der Waals surface area (Å²) < 4.78 is 19.5. The highest BCUT2D eigenvalue weighted by Crippen LogP contribution is 2.28. The maximum Gasteiger partial charge on any atom is 0.245 e. The normalized spacial score (nSPS) is 18.2. The van der Waals surface area contributed by atoms with Crippen molar-refractivity contribution >= 4 is 41.0 Å². The van der Waals surface area contributed by atoms with Crippen molar-refractivity contribution in [2.45, 2.75) is 12.5 Å². The molecule has 0 bridgehead atoms. The van der Waals surface area contributed by atoms with Gasteiger partial charge in [-0.2, -0.15) is 10.1 Å². The molecule has 2 aliphatic rings. The molecule has 1 atom stereocenters. The van der Waals surface area contributed by atoms with Crippen LogP contribution in [0.5, 0.6) is 0 Å². The molecule has 2 aromatic heterocycles. The molecule has 3 aromatic rings. The van der Waals surface area contributed by atoms with Crippen LogP contribution in [0.15, 0.2) is 47.8 Å². The number of hydrazine groups is 1. The minimum Gasteiger partial charge on any atom is -0.378 e. The summed E-state index contributed by atoms with van der Waals surface area (Å²) in [6.45, 7) is 3.14. The van der Waals surface area contributed by atoms with E-state index in [4.69, 9.17) is 16.3 Å². The van der Waals surface area contributed by atoms with Gasteiger partial charge in [-0.05, 0) is 42.3 Å². The lowest BCUT2D eigenvalue weighted by molar-refractivity contribution is 0.122. The van der Waals surface area contributed by atoms with Crippen molar-refractivity contribution in [3.8, 4) is 0 Å². The molecule has 2 fully saturated rings. The lowest BCUT2D eigenvalue weighted by Crippen LogP contribution is -2.37. The van der Waals surface area contributed by atoms with Gasteiger partial charge in [-0.25, -0.2) is 14.8 Å². The third-order valence-electron chi connectivity index (χ3n) is 5.63. The Morgan fingerprint density at radius 2 is 2.03 bits per heavy atom. The van der Waals surface area contributed by atoms with E-state index in [1.807, 2.05) is 29.2 Å². The standard InChI is InChI=1S/C23H25ClFN9O/c24-16-9-15(21-3-4-28-32-21)10-19(11-16)30-18-2-1-17(26-12-18)13-29-33-23-27-14-20(25)22(31-23)34-5-7-35-8-6-34/h1-2,9-14,21,28,30,32H,3-8H2,(H,27,31,33)/b29-13+. The molecule has 35 heavy (non-hydrogen) atoms. The van der Waals surface area contributed by atoms with E-state index in [-0.39, 0.29) is 17.8 Å². The number of ether oxygens (including phenoxy) is 1. The van der Waals surface area contributed by atoms with E-state index in [1.165, 1.54) is 0 Å². The highest BCUT2D eigenvalue weighted by molar-refractivity contribution is 6.31. The van der Waals surface area contributed by atoms with E-state index in [1.54, 1.807) is 12.4 Å². The molecule has 10 nitrogen and oxygen atoms in total. The van der Waals surface area contributed by atoms with Crippen molar-refractivity contribution in [1.29, 1.82) is 0 Å². The summed E-state index contributed by atoms with van der Waals surface area (Å²) in [5, 5.41) is 8.13. The van der Waals surface area contributed by atoms with E-state index in [0.717, 1.165) is 36.1 Å². The molecule has 0 aliphatic carbocycles. The number of hydrazone groups is 1. The number of benzene rings is 1. The Balaban J connectivity index is 1.20. The number of rotatable bonds is 7. The number of hydrogen-bond acceptors (Lipinski definition) is 10. The van der Waals surface area contributed by atoms with Gasteiger partial charge in [0.15, 0.2) is 11.6 Å². The van der Waals surface area contributed by atoms with Gasteiger partial charge in [0, 0.05) is 36.4 Å². The first-order valence-electron chi connectivity index (χ1n) is 11.3. The average Bonchev–Trinajstić information content (AvgIpc) is 3.42. The SMILES string of the molecule is Fc1cnc(N/N=C/c2ccc(Nc3cc(Cl)cc(C4CCNN4)c3)cn2)nc1N1CCOCC1. The number of nitrogens with zero attached hydrogens (tertiary/aromatic N) is 5. The van der Waals surface area contributed by atoms with Crippen molar-refractivity contribution in [2.75, 3.05) is 48.5 Å². The largest absolute Gasteiger partial charge is 0.378 e. The number of aromatic nitrogens is 3. The maximum atomic E-state index is 14.2. The molecule has 0 amide bonds. The molecule has 1 unspecified atom stereocenters. The summed E-state index contributed by atoms with van der Waals surface area (Å²) in [6.07, 6.45) is 5.39. The van der Waals surface area contributed by atoms with Gasteiger partial charge >= 0.3 is 0 Å². The summed E-state index contributed by atoms with van der Waals surface area (Å²) in [4.78, 5) is 14.4. The van der Waals surface area contributed by atoms with E-state index in [9.17, 15) is 4.39 Å². The molecule has 0 saturated carbocycles. The third-order valence-corrected chi connectivity index (χ3v) is 5.85. The monoisotopic (exact) mass is 497 g/mol. The van der Waals surface area contributed by atoms with Crippen LogP contribution in [0.25, 0.3) is 0 Å². The van der Waals surface area contributed by atoms with Crippen LogP contribution in [0.1, 0.15) is 23.7 Å². The zero-order valence-electron chi connectivity index (χ0n) is 18.8. The van der Waals surface area contributed by atoms with Gasteiger partial charge in [0.1, 0.15) is 0 Å². The molecule has 0 radical (unpaired) electrons. The van der Waals surface area contributed by atoms with Crippen molar-refractivity contribution in [2.24, 2.45) is 5.10 Å². The zero-order valence-corrected chi connectivity index (χ0v) is 19.6. The zero-order chi connectivity index (χ0) is 24.0. The highest BCUT2D eigenvalue weighted by atomic mass is 35.5. The van der Waals surface area contributed by atoms with Gasteiger partial charge in [0.25, 0.3) is 0 Å². The first kappa shape index (κ1) is 23.4. The average molecular weight is 498 g/mol. The lowest BCUT2D eigenvalue weighted by atomic mass is 10.0. The van der Waals surface area contributed by atoms with Crippen LogP contribution < -0.4 is 26.5 Å². The van der Waals surface area contributed by atoms with Gasteiger partial charge < -0.3 is 15.0 Å². The first-order valence-corrected chi connectivity index (χ1v) is 11.7. The Morgan fingerprint density at radius 1 is 1.14 bits per heavy atom. The van der Waals surface area contributed by atoms with Crippen molar-refractivity contribution in [3.63, 3.8) is 0 Å². The summed E-state index contributed by atoms with van der Waals surface area (Å²) in [5.74, 6) is -0.0426. The molecule has 12 heteroatoms. The van der Waals surface area contributed by atoms with Gasteiger partial charge in [-0.3, -0.25) is 15.8 Å². The third kappa shape index (κ3) is 6.01. The molecule has 4 N–H and O–H groups in total. The number of hydrogen-bond donors (Lipinski definition) is 4. The minimum atomic E-state index is -0.478. The molecule has 4 heterocycles. The Morgan fingerprint density at radius 3 is 2.80 bits per heavy atom. The van der Waals surface area contributed by atoms with Crippen LogP contribution in [0.2, 0.25) is 5.02 Å². The summed E-state index contributed by atoms with van der Waals surface area (Å²) >= 11 is 6.32. The smallest absolute Gasteiger partial charge is 0.245 e. The number of halogens is 2. The van der Waals surface area contributed by atoms with Gasteiger partial charge in [-0.15, -0.1) is 0 Å². The molecule has 1 aromatic carbocycles. The van der Waals surface area contributed by atoms with Crippen LogP contribution in [0.3, 0.4) is 0 Å².